The SMILES string of the molecule is CNCCCC(=O)Nc1cc2c(cc1C)OCO2. The number of amides is 1. The maximum atomic E-state index is 11.7. The average Bonchev–Trinajstić information content (AvgIpc) is 2.77. The number of rotatable bonds is 5. The fourth-order valence-corrected chi connectivity index (χ4v) is 1.82. The lowest BCUT2D eigenvalue weighted by Gasteiger charge is -2.09. The second-order valence-corrected chi connectivity index (χ2v) is 4.28. The van der Waals surface area contributed by atoms with Crippen molar-refractivity contribution in [1.29, 1.82) is 0 Å². The summed E-state index contributed by atoms with van der Waals surface area (Å²) in [4.78, 5) is 11.7. The fraction of sp³-hybridized carbons (Fsp3) is 0.462. The highest BCUT2D eigenvalue weighted by Crippen LogP contribution is 2.36. The highest BCUT2D eigenvalue weighted by Gasteiger charge is 2.16. The minimum atomic E-state index is 0.0206. The van der Waals surface area contributed by atoms with Crippen molar-refractivity contribution in [2.75, 3.05) is 25.7 Å². The predicted molar refractivity (Wildman–Crippen MR) is 69.1 cm³/mol. The summed E-state index contributed by atoms with van der Waals surface area (Å²) in [5.74, 6) is 1.44. The molecule has 0 spiro atoms. The Bertz CT molecular complexity index is 446. The Labute approximate surface area is 106 Å². The lowest BCUT2D eigenvalue weighted by molar-refractivity contribution is -0.116. The van der Waals surface area contributed by atoms with Crippen molar-refractivity contribution in [2.45, 2.75) is 19.8 Å². The molecule has 1 aromatic carbocycles. The zero-order valence-corrected chi connectivity index (χ0v) is 10.7. The smallest absolute Gasteiger partial charge is 0.231 e. The summed E-state index contributed by atoms with van der Waals surface area (Å²) in [6, 6.07) is 3.69. The monoisotopic (exact) mass is 250 g/mol. The molecule has 0 fully saturated rings. The standard InChI is InChI=1S/C13H18N2O3/c1-9-6-11-12(18-8-17-11)7-10(9)15-13(16)4-3-5-14-2/h6-7,14H,3-5,8H2,1-2H3,(H,15,16). The first-order valence-electron chi connectivity index (χ1n) is 6.05. The number of fused-ring (bicyclic) bond motifs is 1. The molecule has 98 valence electrons. The van der Waals surface area contributed by atoms with E-state index in [1.165, 1.54) is 0 Å². The van der Waals surface area contributed by atoms with Gasteiger partial charge < -0.3 is 20.1 Å². The molecule has 1 heterocycles. The Kier molecular flexibility index (Phi) is 4.04. The molecule has 1 aromatic rings. The maximum absolute atomic E-state index is 11.7. The Morgan fingerprint density at radius 3 is 2.78 bits per heavy atom. The van der Waals surface area contributed by atoms with Crippen LogP contribution in [0.4, 0.5) is 5.69 Å². The van der Waals surface area contributed by atoms with Crippen LogP contribution in [0.3, 0.4) is 0 Å². The van der Waals surface area contributed by atoms with E-state index in [9.17, 15) is 4.79 Å². The van der Waals surface area contributed by atoms with Gasteiger partial charge in [0.15, 0.2) is 11.5 Å². The third-order valence-corrected chi connectivity index (χ3v) is 2.82. The number of hydrogen-bond donors (Lipinski definition) is 2. The van der Waals surface area contributed by atoms with Crippen molar-refractivity contribution >= 4 is 11.6 Å². The Morgan fingerprint density at radius 2 is 2.06 bits per heavy atom. The molecule has 1 aliphatic rings. The summed E-state index contributed by atoms with van der Waals surface area (Å²) in [6.45, 7) is 3.02. The van der Waals surface area contributed by atoms with Gasteiger partial charge in [-0.15, -0.1) is 0 Å². The molecule has 5 heteroatoms. The Hall–Kier alpha value is -1.75. The molecule has 5 nitrogen and oxygen atoms in total. The molecular formula is C13H18N2O3. The molecule has 0 aromatic heterocycles. The van der Waals surface area contributed by atoms with E-state index in [1.807, 2.05) is 26.1 Å². The van der Waals surface area contributed by atoms with Gasteiger partial charge >= 0.3 is 0 Å². The van der Waals surface area contributed by atoms with Crippen molar-refractivity contribution in [3.8, 4) is 11.5 Å². The molecule has 0 atom stereocenters. The summed E-state index contributed by atoms with van der Waals surface area (Å²) in [5, 5.41) is 5.91. The van der Waals surface area contributed by atoms with Crippen LogP contribution in [0.15, 0.2) is 12.1 Å². The molecule has 2 rings (SSSR count). The number of carbonyl (C=O) groups excluding carboxylic acids is 1. The minimum absolute atomic E-state index is 0.0206. The van der Waals surface area contributed by atoms with Gasteiger partial charge in [0.1, 0.15) is 0 Å². The van der Waals surface area contributed by atoms with Crippen molar-refractivity contribution in [1.82, 2.24) is 5.32 Å². The van der Waals surface area contributed by atoms with Crippen LogP contribution < -0.4 is 20.1 Å². The van der Waals surface area contributed by atoms with E-state index in [1.54, 1.807) is 0 Å². The number of hydrogen-bond acceptors (Lipinski definition) is 4. The van der Waals surface area contributed by atoms with Crippen molar-refractivity contribution in [3.63, 3.8) is 0 Å². The predicted octanol–water partition coefficient (Wildman–Crippen LogP) is 1.66. The first kappa shape index (κ1) is 12.7. The molecule has 0 aliphatic carbocycles. The highest BCUT2D eigenvalue weighted by molar-refractivity contribution is 5.92. The van der Waals surface area contributed by atoms with E-state index < -0.39 is 0 Å². The van der Waals surface area contributed by atoms with Crippen molar-refractivity contribution < 1.29 is 14.3 Å². The summed E-state index contributed by atoms with van der Waals surface area (Å²) in [6.07, 6.45) is 1.33. The summed E-state index contributed by atoms with van der Waals surface area (Å²) >= 11 is 0. The van der Waals surface area contributed by atoms with Crippen LogP contribution in [0.25, 0.3) is 0 Å². The van der Waals surface area contributed by atoms with Gasteiger partial charge in [-0.25, -0.2) is 0 Å². The van der Waals surface area contributed by atoms with Gasteiger partial charge in [0, 0.05) is 18.2 Å². The van der Waals surface area contributed by atoms with Crippen LogP contribution in [0.5, 0.6) is 11.5 Å². The molecule has 0 unspecified atom stereocenters. The Morgan fingerprint density at radius 1 is 1.33 bits per heavy atom. The molecule has 1 amide bonds. The van der Waals surface area contributed by atoms with Crippen molar-refractivity contribution in [2.24, 2.45) is 0 Å². The first-order chi connectivity index (χ1) is 8.70. The van der Waals surface area contributed by atoms with Gasteiger partial charge in [-0.3, -0.25) is 4.79 Å². The summed E-state index contributed by atoms with van der Waals surface area (Å²) in [5.41, 5.74) is 1.76. The molecule has 1 aliphatic heterocycles. The number of anilines is 1. The van der Waals surface area contributed by atoms with Gasteiger partial charge in [0.05, 0.1) is 0 Å². The third kappa shape index (κ3) is 2.92. The van der Waals surface area contributed by atoms with Crippen LogP contribution in [0.1, 0.15) is 18.4 Å². The lowest BCUT2D eigenvalue weighted by Crippen LogP contribution is -2.15. The molecular weight excluding hydrogens is 232 g/mol. The van der Waals surface area contributed by atoms with Crippen LogP contribution >= 0.6 is 0 Å². The molecule has 2 N–H and O–H groups in total. The molecule has 0 saturated carbocycles. The normalized spacial score (nSPS) is 12.6. The number of benzene rings is 1. The second kappa shape index (κ2) is 5.73. The van der Waals surface area contributed by atoms with Gasteiger partial charge in [-0.2, -0.15) is 0 Å². The topological polar surface area (TPSA) is 59.6 Å². The lowest BCUT2D eigenvalue weighted by atomic mass is 10.1. The molecule has 0 saturated heterocycles. The number of carbonyl (C=O) groups is 1. The van der Waals surface area contributed by atoms with Crippen LogP contribution in [0, 0.1) is 6.92 Å². The largest absolute Gasteiger partial charge is 0.454 e. The van der Waals surface area contributed by atoms with E-state index in [0.29, 0.717) is 12.2 Å². The maximum Gasteiger partial charge on any atom is 0.231 e. The molecule has 0 bridgehead atoms. The van der Waals surface area contributed by atoms with Gasteiger partial charge in [0.25, 0.3) is 0 Å². The molecule has 18 heavy (non-hydrogen) atoms. The number of aryl methyl sites for hydroxylation is 1. The van der Waals surface area contributed by atoms with Crippen LogP contribution in [-0.2, 0) is 4.79 Å². The van der Waals surface area contributed by atoms with E-state index in [2.05, 4.69) is 10.6 Å². The Balaban J connectivity index is 1.99. The third-order valence-electron chi connectivity index (χ3n) is 2.82. The van der Waals surface area contributed by atoms with Gasteiger partial charge in [-0.1, -0.05) is 0 Å². The second-order valence-electron chi connectivity index (χ2n) is 4.28. The van der Waals surface area contributed by atoms with E-state index in [4.69, 9.17) is 9.47 Å². The number of ether oxygens (including phenoxy) is 2. The highest BCUT2D eigenvalue weighted by atomic mass is 16.7. The van der Waals surface area contributed by atoms with E-state index in [0.717, 1.165) is 30.0 Å². The minimum Gasteiger partial charge on any atom is -0.454 e. The van der Waals surface area contributed by atoms with E-state index >= 15 is 0 Å². The zero-order valence-electron chi connectivity index (χ0n) is 10.7. The first-order valence-corrected chi connectivity index (χ1v) is 6.05. The molecule has 0 radical (unpaired) electrons. The van der Waals surface area contributed by atoms with Gasteiger partial charge in [-0.05, 0) is 38.6 Å². The quantitative estimate of drug-likeness (QED) is 0.780. The number of nitrogens with one attached hydrogen (secondary N) is 2. The fourth-order valence-electron chi connectivity index (χ4n) is 1.82. The average molecular weight is 250 g/mol. The van der Waals surface area contributed by atoms with Crippen molar-refractivity contribution in [3.05, 3.63) is 17.7 Å². The van der Waals surface area contributed by atoms with Crippen LogP contribution in [-0.4, -0.2) is 26.3 Å². The van der Waals surface area contributed by atoms with Crippen LogP contribution in [0.2, 0.25) is 0 Å². The van der Waals surface area contributed by atoms with E-state index in [-0.39, 0.29) is 12.7 Å². The zero-order chi connectivity index (χ0) is 13.0. The summed E-state index contributed by atoms with van der Waals surface area (Å²) in [7, 11) is 1.87. The van der Waals surface area contributed by atoms with Gasteiger partial charge in [0.2, 0.25) is 12.7 Å². The summed E-state index contributed by atoms with van der Waals surface area (Å²) < 4.78 is 10.6.